The molecule has 2 aromatic carbocycles. The average molecular weight is 438 g/mol. The third-order valence-corrected chi connectivity index (χ3v) is 5.58. The molecule has 1 N–H and O–H groups in total. The molecule has 6 heteroatoms. The number of rotatable bonds is 9. The standard InChI is InChI=1S/C26H31NO5/c1-5-14-32-21-8-6-7-20(16-21)24(28)22-23(19-11-9-18(10-12-19)17(2)3)27(13-15-31-4)26(30)25(22)29/h6-12,16-17,23,28H,5,13-15H2,1-4H3/b24-22+. The topological polar surface area (TPSA) is 76.1 Å². The molecular formula is C26H31NO5. The van der Waals surface area contributed by atoms with E-state index in [4.69, 9.17) is 9.47 Å². The fraction of sp³-hybridized carbons (Fsp3) is 0.385. The van der Waals surface area contributed by atoms with Gasteiger partial charge in [-0.05, 0) is 35.6 Å². The zero-order valence-corrected chi connectivity index (χ0v) is 19.1. The molecule has 0 aliphatic carbocycles. The largest absolute Gasteiger partial charge is 0.507 e. The summed E-state index contributed by atoms with van der Waals surface area (Å²) < 4.78 is 10.8. The van der Waals surface area contributed by atoms with Gasteiger partial charge in [-0.15, -0.1) is 0 Å². The first-order valence-electron chi connectivity index (χ1n) is 11.0. The predicted molar refractivity (Wildman–Crippen MR) is 124 cm³/mol. The minimum Gasteiger partial charge on any atom is -0.507 e. The number of carbonyl (C=O) groups is 2. The van der Waals surface area contributed by atoms with Gasteiger partial charge in [0.1, 0.15) is 11.5 Å². The minimum atomic E-state index is -0.698. The molecule has 1 atom stereocenters. The molecule has 3 rings (SSSR count). The number of benzene rings is 2. The number of aliphatic hydroxyl groups is 1. The second kappa shape index (κ2) is 10.5. The monoisotopic (exact) mass is 437 g/mol. The lowest BCUT2D eigenvalue weighted by molar-refractivity contribution is -0.140. The number of Topliss-reactive ketones (excluding diaryl/α,β-unsaturated/α-hetero) is 1. The van der Waals surface area contributed by atoms with Crippen molar-refractivity contribution in [3.63, 3.8) is 0 Å². The molecule has 0 spiro atoms. The van der Waals surface area contributed by atoms with Gasteiger partial charge in [-0.25, -0.2) is 0 Å². The Morgan fingerprint density at radius 2 is 1.81 bits per heavy atom. The van der Waals surface area contributed by atoms with Crippen molar-refractivity contribution in [3.8, 4) is 5.75 Å². The number of likely N-dealkylation sites (tertiary alicyclic amines) is 1. The Balaban J connectivity index is 2.09. The van der Waals surface area contributed by atoms with E-state index in [0.717, 1.165) is 17.5 Å². The number of methoxy groups -OCH3 is 1. The van der Waals surface area contributed by atoms with Gasteiger partial charge in [0.15, 0.2) is 0 Å². The molecule has 1 heterocycles. The van der Waals surface area contributed by atoms with Gasteiger partial charge < -0.3 is 19.5 Å². The van der Waals surface area contributed by atoms with Crippen LogP contribution in [0.2, 0.25) is 0 Å². The maximum atomic E-state index is 13.0. The lowest BCUT2D eigenvalue weighted by Crippen LogP contribution is -2.32. The third-order valence-electron chi connectivity index (χ3n) is 5.58. The van der Waals surface area contributed by atoms with Crippen LogP contribution in [-0.2, 0) is 14.3 Å². The highest BCUT2D eigenvalue weighted by molar-refractivity contribution is 6.46. The van der Waals surface area contributed by atoms with Crippen LogP contribution < -0.4 is 4.74 Å². The molecular weight excluding hydrogens is 406 g/mol. The van der Waals surface area contributed by atoms with E-state index in [1.165, 1.54) is 4.90 Å². The van der Waals surface area contributed by atoms with Crippen molar-refractivity contribution in [1.29, 1.82) is 0 Å². The molecule has 1 saturated heterocycles. The van der Waals surface area contributed by atoms with E-state index in [1.807, 2.05) is 31.2 Å². The van der Waals surface area contributed by atoms with E-state index in [0.29, 0.717) is 23.8 Å². The van der Waals surface area contributed by atoms with Gasteiger partial charge in [-0.1, -0.05) is 57.2 Å². The molecule has 0 saturated carbocycles. The van der Waals surface area contributed by atoms with Crippen LogP contribution in [0.1, 0.15) is 55.8 Å². The SMILES string of the molecule is CCCOc1cccc(/C(O)=C2\C(=O)C(=O)N(CCOC)C2c2ccc(C(C)C)cc2)c1. The third kappa shape index (κ3) is 4.86. The number of hydrogen-bond acceptors (Lipinski definition) is 5. The molecule has 170 valence electrons. The molecule has 1 aliphatic heterocycles. The van der Waals surface area contributed by atoms with Crippen LogP contribution in [0.5, 0.6) is 5.75 Å². The summed E-state index contributed by atoms with van der Waals surface area (Å²) in [5.74, 6) is -0.586. The zero-order valence-electron chi connectivity index (χ0n) is 19.1. The van der Waals surface area contributed by atoms with Crippen molar-refractivity contribution in [2.24, 2.45) is 0 Å². The summed E-state index contributed by atoms with van der Waals surface area (Å²) in [6, 6.07) is 14.1. The van der Waals surface area contributed by atoms with Gasteiger partial charge in [0.25, 0.3) is 11.7 Å². The maximum absolute atomic E-state index is 13.0. The fourth-order valence-electron chi connectivity index (χ4n) is 3.82. The van der Waals surface area contributed by atoms with E-state index < -0.39 is 17.7 Å². The Bertz CT molecular complexity index is 994. The van der Waals surface area contributed by atoms with Gasteiger partial charge in [0.05, 0.1) is 24.8 Å². The van der Waals surface area contributed by atoms with Crippen LogP contribution in [0.3, 0.4) is 0 Å². The van der Waals surface area contributed by atoms with Gasteiger partial charge in [0, 0.05) is 19.2 Å². The number of ketones is 1. The van der Waals surface area contributed by atoms with Crippen molar-refractivity contribution in [2.75, 3.05) is 26.9 Å². The summed E-state index contributed by atoms with van der Waals surface area (Å²) in [4.78, 5) is 27.4. The molecule has 1 fully saturated rings. The van der Waals surface area contributed by atoms with Crippen molar-refractivity contribution in [3.05, 3.63) is 70.8 Å². The maximum Gasteiger partial charge on any atom is 0.295 e. The lowest BCUT2D eigenvalue weighted by atomic mass is 9.93. The molecule has 0 aromatic heterocycles. The zero-order chi connectivity index (χ0) is 23.3. The van der Waals surface area contributed by atoms with Crippen LogP contribution >= 0.6 is 0 Å². The number of ether oxygens (including phenoxy) is 2. The summed E-state index contributed by atoms with van der Waals surface area (Å²) in [6.07, 6.45) is 0.854. The number of nitrogens with zero attached hydrogens (tertiary/aromatic N) is 1. The highest BCUT2D eigenvalue weighted by Crippen LogP contribution is 2.39. The first-order chi connectivity index (χ1) is 15.4. The molecule has 6 nitrogen and oxygen atoms in total. The van der Waals surface area contributed by atoms with Crippen molar-refractivity contribution >= 4 is 17.4 Å². The number of aliphatic hydroxyl groups excluding tert-OH is 1. The summed E-state index contributed by atoms with van der Waals surface area (Å²) in [6.45, 7) is 7.30. The Kier molecular flexibility index (Phi) is 7.70. The molecule has 1 amide bonds. The average Bonchev–Trinajstić information content (AvgIpc) is 3.05. The second-order valence-electron chi connectivity index (χ2n) is 8.18. The lowest BCUT2D eigenvalue weighted by Gasteiger charge is -2.25. The minimum absolute atomic E-state index is 0.0797. The first-order valence-corrected chi connectivity index (χ1v) is 11.0. The van der Waals surface area contributed by atoms with E-state index in [9.17, 15) is 14.7 Å². The Morgan fingerprint density at radius 3 is 2.44 bits per heavy atom. The quantitative estimate of drug-likeness (QED) is 0.351. The normalized spacial score (nSPS) is 17.9. The van der Waals surface area contributed by atoms with Gasteiger partial charge in [-0.2, -0.15) is 0 Å². The summed E-state index contributed by atoms with van der Waals surface area (Å²) >= 11 is 0. The fourth-order valence-corrected chi connectivity index (χ4v) is 3.82. The van der Waals surface area contributed by atoms with E-state index in [-0.39, 0.29) is 24.5 Å². The highest BCUT2D eigenvalue weighted by Gasteiger charge is 2.45. The van der Waals surface area contributed by atoms with Crippen molar-refractivity contribution < 1.29 is 24.2 Å². The molecule has 1 aliphatic rings. The van der Waals surface area contributed by atoms with E-state index in [1.54, 1.807) is 31.4 Å². The smallest absolute Gasteiger partial charge is 0.295 e. The van der Waals surface area contributed by atoms with E-state index in [2.05, 4.69) is 13.8 Å². The molecule has 0 bridgehead atoms. The van der Waals surface area contributed by atoms with E-state index >= 15 is 0 Å². The van der Waals surface area contributed by atoms with Crippen molar-refractivity contribution in [2.45, 2.75) is 39.2 Å². The number of carbonyl (C=O) groups excluding carboxylic acids is 2. The summed E-state index contributed by atoms with van der Waals surface area (Å²) in [5.41, 5.74) is 2.44. The van der Waals surface area contributed by atoms with Gasteiger partial charge in [0.2, 0.25) is 0 Å². The Labute approximate surface area is 189 Å². The number of amides is 1. The Hall–Kier alpha value is -3.12. The van der Waals surface area contributed by atoms with Crippen LogP contribution in [0.4, 0.5) is 0 Å². The molecule has 2 aromatic rings. The van der Waals surface area contributed by atoms with Crippen LogP contribution in [0.25, 0.3) is 5.76 Å². The highest BCUT2D eigenvalue weighted by atomic mass is 16.5. The molecule has 0 radical (unpaired) electrons. The summed E-state index contributed by atoms with van der Waals surface area (Å²) in [7, 11) is 1.55. The van der Waals surface area contributed by atoms with Crippen LogP contribution in [-0.4, -0.2) is 48.6 Å². The van der Waals surface area contributed by atoms with Gasteiger partial charge >= 0.3 is 0 Å². The summed E-state index contributed by atoms with van der Waals surface area (Å²) in [5, 5.41) is 11.2. The first kappa shape index (κ1) is 23.5. The van der Waals surface area contributed by atoms with Crippen molar-refractivity contribution in [1.82, 2.24) is 4.90 Å². The van der Waals surface area contributed by atoms with Crippen LogP contribution in [0.15, 0.2) is 54.1 Å². The van der Waals surface area contributed by atoms with Crippen LogP contribution in [0, 0.1) is 0 Å². The molecule has 1 unspecified atom stereocenters. The predicted octanol–water partition coefficient (Wildman–Crippen LogP) is 4.67. The molecule has 32 heavy (non-hydrogen) atoms. The van der Waals surface area contributed by atoms with Gasteiger partial charge in [-0.3, -0.25) is 9.59 Å². The second-order valence-corrected chi connectivity index (χ2v) is 8.18. The number of hydrogen-bond donors (Lipinski definition) is 1. The Morgan fingerprint density at radius 1 is 1.09 bits per heavy atom.